The molecule has 2 nitrogen and oxygen atoms in total. The predicted octanol–water partition coefficient (Wildman–Crippen LogP) is 3.09. The molecule has 0 atom stereocenters. The number of hydrogen-bond donors (Lipinski definition) is 0. The molecule has 0 N–H and O–H groups in total. The Morgan fingerprint density at radius 2 is 1.93 bits per heavy atom. The van der Waals surface area contributed by atoms with E-state index in [0.29, 0.717) is 0 Å². The third-order valence-corrected chi connectivity index (χ3v) is 2.14. The minimum atomic E-state index is 0.811. The van der Waals surface area contributed by atoms with E-state index >= 15 is 0 Å². The van der Waals surface area contributed by atoms with E-state index in [1.165, 1.54) is 12.0 Å². The predicted molar refractivity (Wildman–Crippen MR) is 63.7 cm³/mol. The van der Waals surface area contributed by atoms with Crippen molar-refractivity contribution in [1.29, 1.82) is 0 Å². The molecule has 0 saturated carbocycles. The Labute approximate surface area is 92.9 Å². The molecule has 0 fully saturated rings. The summed E-state index contributed by atoms with van der Waals surface area (Å²) in [7, 11) is 5.78. The zero-order valence-corrected chi connectivity index (χ0v) is 9.70. The molecular formula is C13H20NO-. The zero-order valence-electron chi connectivity index (χ0n) is 9.70. The van der Waals surface area contributed by atoms with Gasteiger partial charge < -0.3 is 9.64 Å². The summed E-state index contributed by atoms with van der Waals surface area (Å²) in [5, 5.41) is 0. The lowest BCUT2D eigenvalue weighted by Gasteiger charge is -2.17. The highest BCUT2D eigenvalue weighted by molar-refractivity contribution is 5.27. The lowest BCUT2D eigenvalue weighted by atomic mass is 10.2. The number of unbranched alkanes of at least 4 members (excludes halogenated alkanes) is 1. The van der Waals surface area contributed by atoms with Gasteiger partial charge in [0.25, 0.3) is 0 Å². The van der Waals surface area contributed by atoms with Crippen molar-refractivity contribution in [3.63, 3.8) is 0 Å². The van der Waals surface area contributed by atoms with Crippen LogP contribution in [0.15, 0.2) is 24.3 Å². The van der Waals surface area contributed by atoms with E-state index in [1.807, 2.05) is 24.1 Å². The van der Waals surface area contributed by atoms with Gasteiger partial charge in [0.1, 0.15) is 5.75 Å². The lowest BCUT2D eigenvalue weighted by molar-refractivity contribution is 0.309. The second kappa shape index (κ2) is 6.46. The van der Waals surface area contributed by atoms with Gasteiger partial charge in [-0.1, -0.05) is 25.5 Å². The van der Waals surface area contributed by atoms with Gasteiger partial charge in [-0.25, -0.2) is 0 Å². The van der Waals surface area contributed by atoms with Crippen molar-refractivity contribution >= 4 is 0 Å². The summed E-state index contributed by atoms with van der Waals surface area (Å²) >= 11 is 0. The molecule has 0 aliphatic rings. The van der Waals surface area contributed by atoms with Gasteiger partial charge in [0.15, 0.2) is 0 Å². The number of benzene rings is 1. The van der Waals surface area contributed by atoms with E-state index in [2.05, 4.69) is 26.1 Å². The SMILES string of the molecule is [CH2-]N(C)Cc1ccc(OCCCC)cc1. The third kappa shape index (κ3) is 4.84. The van der Waals surface area contributed by atoms with Crippen molar-refractivity contribution in [2.75, 3.05) is 13.7 Å². The van der Waals surface area contributed by atoms with Crippen LogP contribution in [-0.2, 0) is 6.54 Å². The first-order valence-electron chi connectivity index (χ1n) is 5.45. The average Bonchev–Trinajstić information content (AvgIpc) is 2.20. The van der Waals surface area contributed by atoms with Crippen LogP contribution in [0.1, 0.15) is 25.3 Å². The first-order valence-corrected chi connectivity index (χ1v) is 5.45. The Kier molecular flexibility index (Phi) is 5.19. The molecule has 0 unspecified atom stereocenters. The lowest BCUT2D eigenvalue weighted by Crippen LogP contribution is -2.07. The Morgan fingerprint density at radius 1 is 1.27 bits per heavy atom. The summed E-state index contributed by atoms with van der Waals surface area (Å²) in [6.07, 6.45) is 2.29. The fourth-order valence-electron chi connectivity index (χ4n) is 1.34. The minimum Gasteiger partial charge on any atom is -0.494 e. The zero-order chi connectivity index (χ0) is 11.1. The van der Waals surface area contributed by atoms with Crippen molar-refractivity contribution in [2.45, 2.75) is 26.3 Å². The van der Waals surface area contributed by atoms with E-state index in [1.54, 1.807) is 0 Å². The van der Waals surface area contributed by atoms with Crippen LogP contribution in [0.3, 0.4) is 0 Å². The fourth-order valence-corrected chi connectivity index (χ4v) is 1.34. The Morgan fingerprint density at radius 3 is 2.47 bits per heavy atom. The van der Waals surface area contributed by atoms with Gasteiger partial charge in [0.2, 0.25) is 0 Å². The molecule has 0 radical (unpaired) electrons. The molecule has 1 rings (SSSR count). The summed E-state index contributed by atoms with van der Waals surface area (Å²) in [5.74, 6) is 0.957. The first kappa shape index (κ1) is 12.1. The highest BCUT2D eigenvalue weighted by Crippen LogP contribution is 2.13. The van der Waals surface area contributed by atoms with Crippen molar-refractivity contribution in [3.8, 4) is 5.75 Å². The smallest absolute Gasteiger partial charge is 0.119 e. The van der Waals surface area contributed by atoms with Crippen molar-refractivity contribution in [2.24, 2.45) is 0 Å². The van der Waals surface area contributed by atoms with Gasteiger partial charge in [-0.2, -0.15) is 0 Å². The van der Waals surface area contributed by atoms with Crippen LogP contribution in [0, 0.1) is 7.05 Å². The van der Waals surface area contributed by atoms with E-state index < -0.39 is 0 Å². The largest absolute Gasteiger partial charge is 0.494 e. The normalized spacial score (nSPS) is 10.7. The number of nitrogens with zero attached hydrogens (tertiary/aromatic N) is 1. The molecule has 15 heavy (non-hydrogen) atoms. The maximum Gasteiger partial charge on any atom is 0.119 e. The monoisotopic (exact) mass is 206 g/mol. The molecule has 0 spiro atoms. The Bertz CT molecular complexity index is 266. The fraction of sp³-hybridized carbons (Fsp3) is 0.462. The van der Waals surface area contributed by atoms with Crippen molar-refractivity contribution in [3.05, 3.63) is 36.9 Å². The second-order valence-electron chi connectivity index (χ2n) is 3.86. The molecule has 84 valence electrons. The van der Waals surface area contributed by atoms with Gasteiger partial charge in [-0.05, 0) is 37.7 Å². The Balaban J connectivity index is 2.42. The van der Waals surface area contributed by atoms with E-state index in [9.17, 15) is 0 Å². The average molecular weight is 206 g/mol. The van der Waals surface area contributed by atoms with E-state index in [4.69, 9.17) is 4.74 Å². The summed E-state index contributed by atoms with van der Waals surface area (Å²) in [6, 6.07) is 8.22. The topological polar surface area (TPSA) is 12.5 Å². The molecule has 2 heteroatoms. The number of ether oxygens (including phenoxy) is 1. The maximum absolute atomic E-state index is 5.58. The third-order valence-electron chi connectivity index (χ3n) is 2.14. The summed E-state index contributed by atoms with van der Waals surface area (Å²) < 4.78 is 5.58. The number of rotatable bonds is 6. The molecule has 0 amide bonds. The van der Waals surface area contributed by atoms with Crippen LogP contribution in [0.4, 0.5) is 0 Å². The van der Waals surface area contributed by atoms with E-state index in [0.717, 1.165) is 25.3 Å². The van der Waals surface area contributed by atoms with Crippen LogP contribution in [-0.4, -0.2) is 18.6 Å². The van der Waals surface area contributed by atoms with E-state index in [-0.39, 0.29) is 0 Å². The van der Waals surface area contributed by atoms with Crippen molar-refractivity contribution < 1.29 is 4.74 Å². The van der Waals surface area contributed by atoms with Crippen molar-refractivity contribution in [1.82, 2.24) is 4.90 Å². The van der Waals surface area contributed by atoms with Crippen LogP contribution in [0.5, 0.6) is 5.75 Å². The molecule has 0 aliphatic heterocycles. The molecule has 0 aliphatic carbocycles. The molecule has 0 saturated heterocycles. The van der Waals surface area contributed by atoms with Crippen LogP contribution < -0.4 is 4.74 Å². The van der Waals surface area contributed by atoms with Crippen LogP contribution >= 0.6 is 0 Å². The Hall–Kier alpha value is -1.02. The summed E-state index contributed by atoms with van der Waals surface area (Å²) in [4.78, 5) is 1.91. The minimum absolute atomic E-state index is 0.811. The second-order valence-corrected chi connectivity index (χ2v) is 3.86. The van der Waals surface area contributed by atoms with Gasteiger partial charge in [-0.3, -0.25) is 7.05 Å². The van der Waals surface area contributed by atoms with Gasteiger partial charge in [0, 0.05) is 0 Å². The number of hydrogen-bond acceptors (Lipinski definition) is 2. The standard InChI is InChI=1S/C13H20NO/c1-4-5-10-15-13-8-6-12(7-9-13)11-14(2)3/h6-9H,2,4-5,10-11H2,1,3H3/q-1. The highest BCUT2D eigenvalue weighted by Gasteiger charge is 1.94. The maximum atomic E-state index is 5.58. The van der Waals surface area contributed by atoms with Gasteiger partial charge in [0.05, 0.1) is 6.61 Å². The molecular weight excluding hydrogens is 186 g/mol. The van der Waals surface area contributed by atoms with Crippen LogP contribution in [0.2, 0.25) is 0 Å². The van der Waals surface area contributed by atoms with Gasteiger partial charge in [-0.15, -0.1) is 0 Å². The van der Waals surface area contributed by atoms with Gasteiger partial charge >= 0.3 is 0 Å². The molecule has 0 heterocycles. The summed E-state index contributed by atoms with van der Waals surface area (Å²) in [6.45, 7) is 3.84. The molecule has 0 bridgehead atoms. The molecule has 1 aromatic carbocycles. The highest BCUT2D eigenvalue weighted by atomic mass is 16.5. The molecule has 0 aromatic heterocycles. The van der Waals surface area contributed by atoms with Crippen LogP contribution in [0.25, 0.3) is 0 Å². The summed E-state index contributed by atoms with van der Waals surface area (Å²) in [5.41, 5.74) is 1.26. The molecule has 1 aromatic rings. The first-order chi connectivity index (χ1) is 7.22. The quantitative estimate of drug-likeness (QED) is 0.524.